The largest absolute Gasteiger partial charge is 0.378 e. The Morgan fingerprint density at radius 2 is 2.38 bits per heavy atom. The fourth-order valence-electron chi connectivity index (χ4n) is 3.24. The van der Waals surface area contributed by atoms with Crippen LogP contribution >= 0.6 is 0 Å². The first-order valence-electron chi connectivity index (χ1n) is 5.49. The Balaban J connectivity index is 1.76. The van der Waals surface area contributed by atoms with Crippen molar-refractivity contribution in [2.75, 3.05) is 32.8 Å². The Morgan fingerprint density at radius 1 is 1.38 bits per heavy atom. The molecule has 13 heavy (non-hydrogen) atoms. The smallest absolute Gasteiger partial charge is 0.0622 e. The van der Waals surface area contributed by atoms with Gasteiger partial charge in [-0.3, -0.25) is 4.90 Å². The summed E-state index contributed by atoms with van der Waals surface area (Å²) in [7, 11) is 0. The third-order valence-electron chi connectivity index (χ3n) is 3.84. The minimum Gasteiger partial charge on any atom is -0.378 e. The van der Waals surface area contributed by atoms with E-state index in [-0.39, 0.29) is 0 Å². The molecule has 0 radical (unpaired) electrons. The van der Waals surface area contributed by atoms with Crippen LogP contribution in [0.25, 0.3) is 0 Å². The van der Waals surface area contributed by atoms with Crippen LogP contribution < -0.4 is 5.32 Å². The Hall–Kier alpha value is -0.120. The van der Waals surface area contributed by atoms with Crippen LogP contribution in [0.5, 0.6) is 0 Å². The molecule has 3 saturated heterocycles. The van der Waals surface area contributed by atoms with Crippen molar-refractivity contribution in [1.82, 2.24) is 10.2 Å². The van der Waals surface area contributed by atoms with Crippen LogP contribution in [0.4, 0.5) is 0 Å². The van der Waals surface area contributed by atoms with E-state index in [1.807, 2.05) is 0 Å². The van der Waals surface area contributed by atoms with Gasteiger partial charge in [-0.25, -0.2) is 0 Å². The van der Waals surface area contributed by atoms with Gasteiger partial charge in [0.1, 0.15) is 0 Å². The summed E-state index contributed by atoms with van der Waals surface area (Å²) in [5, 5.41) is 3.50. The van der Waals surface area contributed by atoms with Gasteiger partial charge >= 0.3 is 0 Å². The first kappa shape index (κ1) is 8.21. The van der Waals surface area contributed by atoms with E-state index in [0.29, 0.717) is 0 Å². The van der Waals surface area contributed by atoms with E-state index in [1.165, 1.54) is 32.5 Å². The number of piperidine rings is 1. The number of morpholine rings is 1. The highest BCUT2D eigenvalue weighted by Gasteiger charge is 2.42. The van der Waals surface area contributed by atoms with Gasteiger partial charge in [0.25, 0.3) is 0 Å². The Kier molecular flexibility index (Phi) is 2.04. The highest BCUT2D eigenvalue weighted by molar-refractivity contribution is 4.98. The number of nitrogens with zero attached hydrogens (tertiary/aromatic N) is 1. The van der Waals surface area contributed by atoms with Crippen LogP contribution in [-0.4, -0.2) is 49.8 Å². The van der Waals surface area contributed by atoms with E-state index in [0.717, 1.165) is 31.2 Å². The van der Waals surface area contributed by atoms with Gasteiger partial charge in [-0.15, -0.1) is 0 Å². The van der Waals surface area contributed by atoms with E-state index in [2.05, 4.69) is 10.2 Å². The van der Waals surface area contributed by atoms with Crippen LogP contribution in [0, 0.1) is 5.92 Å². The summed E-state index contributed by atoms with van der Waals surface area (Å²) in [6.45, 7) is 5.55. The summed E-state index contributed by atoms with van der Waals surface area (Å²) in [5.74, 6) is 0.903. The highest BCUT2D eigenvalue weighted by Crippen LogP contribution is 2.34. The second-order valence-corrected chi connectivity index (χ2v) is 4.52. The van der Waals surface area contributed by atoms with E-state index in [1.54, 1.807) is 0 Å². The minimum atomic E-state index is 0.739. The van der Waals surface area contributed by atoms with Crippen molar-refractivity contribution >= 4 is 0 Å². The van der Waals surface area contributed by atoms with Crippen molar-refractivity contribution in [2.45, 2.75) is 24.9 Å². The summed E-state index contributed by atoms with van der Waals surface area (Å²) < 4.78 is 5.53. The summed E-state index contributed by atoms with van der Waals surface area (Å²) in [6, 6.07) is 1.61. The maximum atomic E-state index is 5.53. The number of fused-ring (bicyclic) bond motifs is 3. The molecule has 3 atom stereocenters. The van der Waals surface area contributed by atoms with Crippen LogP contribution in [0.15, 0.2) is 0 Å². The number of ether oxygens (including phenoxy) is 1. The Bertz CT molecular complexity index is 177. The maximum Gasteiger partial charge on any atom is 0.0622 e. The van der Waals surface area contributed by atoms with Gasteiger partial charge in [0.2, 0.25) is 0 Å². The molecule has 1 N–H and O–H groups in total. The molecule has 3 fully saturated rings. The molecule has 0 saturated carbocycles. The van der Waals surface area contributed by atoms with Gasteiger partial charge in [0.05, 0.1) is 13.2 Å². The average molecular weight is 182 g/mol. The Labute approximate surface area is 79.4 Å². The molecule has 0 bridgehead atoms. The molecule has 3 rings (SSSR count). The SMILES string of the molecule is C1CC2C(CN1)CC1COCCN12. The molecule has 0 aromatic heterocycles. The molecule has 0 aromatic carbocycles. The average Bonchev–Trinajstić information content (AvgIpc) is 2.56. The first-order chi connectivity index (χ1) is 6.45. The second-order valence-electron chi connectivity index (χ2n) is 4.52. The van der Waals surface area contributed by atoms with Crippen molar-refractivity contribution in [1.29, 1.82) is 0 Å². The highest BCUT2D eigenvalue weighted by atomic mass is 16.5. The lowest BCUT2D eigenvalue weighted by atomic mass is 9.94. The normalized spacial score (nSPS) is 45.7. The minimum absolute atomic E-state index is 0.739. The molecule has 3 aliphatic heterocycles. The predicted octanol–water partition coefficient (Wildman–Crippen LogP) is 0.0690. The third-order valence-corrected chi connectivity index (χ3v) is 3.84. The molecule has 3 aliphatic rings. The maximum absolute atomic E-state index is 5.53. The lowest BCUT2D eigenvalue weighted by molar-refractivity contribution is -0.00627. The molecule has 3 heterocycles. The van der Waals surface area contributed by atoms with Crippen molar-refractivity contribution in [2.24, 2.45) is 5.92 Å². The van der Waals surface area contributed by atoms with Gasteiger partial charge in [0.15, 0.2) is 0 Å². The van der Waals surface area contributed by atoms with Crippen LogP contribution in [0.2, 0.25) is 0 Å². The zero-order chi connectivity index (χ0) is 8.67. The number of nitrogens with one attached hydrogen (secondary N) is 1. The van der Waals surface area contributed by atoms with E-state index >= 15 is 0 Å². The summed E-state index contributed by atoms with van der Waals surface area (Å²) >= 11 is 0. The van der Waals surface area contributed by atoms with Crippen LogP contribution in [-0.2, 0) is 4.74 Å². The van der Waals surface area contributed by atoms with Crippen molar-refractivity contribution in [3.05, 3.63) is 0 Å². The van der Waals surface area contributed by atoms with Gasteiger partial charge in [-0.2, -0.15) is 0 Å². The van der Waals surface area contributed by atoms with Gasteiger partial charge < -0.3 is 10.1 Å². The predicted molar refractivity (Wildman–Crippen MR) is 50.7 cm³/mol. The molecule has 3 heteroatoms. The van der Waals surface area contributed by atoms with Crippen molar-refractivity contribution < 1.29 is 4.74 Å². The molecule has 3 unspecified atom stereocenters. The molecule has 0 aromatic rings. The zero-order valence-electron chi connectivity index (χ0n) is 8.04. The van der Waals surface area contributed by atoms with E-state index in [9.17, 15) is 0 Å². The summed E-state index contributed by atoms with van der Waals surface area (Å²) in [5.41, 5.74) is 0. The Morgan fingerprint density at radius 3 is 3.38 bits per heavy atom. The van der Waals surface area contributed by atoms with E-state index in [4.69, 9.17) is 4.74 Å². The monoisotopic (exact) mass is 182 g/mol. The molecular formula is C10H18N2O. The zero-order valence-corrected chi connectivity index (χ0v) is 8.04. The van der Waals surface area contributed by atoms with Crippen LogP contribution in [0.1, 0.15) is 12.8 Å². The summed E-state index contributed by atoms with van der Waals surface area (Å²) in [4.78, 5) is 2.70. The molecule has 74 valence electrons. The molecular weight excluding hydrogens is 164 g/mol. The first-order valence-corrected chi connectivity index (χ1v) is 5.49. The number of hydrogen-bond donors (Lipinski definition) is 1. The number of hydrogen-bond acceptors (Lipinski definition) is 3. The van der Waals surface area contributed by atoms with Crippen molar-refractivity contribution in [3.63, 3.8) is 0 Å². The second kappa shape index (κ2) is 3.23. The molecule has 3 nitrogen and oxygen atoms in total. The van der Waals surface area contributed by atoms with Gasteiger partial charge in [0, 0.05) is 18.6 Å². The van der Waals surface area contributed by atoms with Gasteiger partial charge in [-0.1, -0.05) is 0 Å². The quantitative estimate of drug-likeness (QED) is 0.574. The molecule has 0 amide bonds. The van der Waals surface area contributed by atoms with Crippen molar-refractivity contribution in [3.8, 4) is 0 Å². The lowest BCUT2D eigenvalue weighted by Crippen LogP contribution is -2.49. The van der Waals surface area contributed by atoms with Gasteiger partial charge in [-0.05, 0) is 31.8 Å². The molecule has 0 aliphatic carbocycles. The molecule has 0 spiro atoms. The van der Waals surface area contributed by atoms with E-state index < -0.39 is 0 Å². The standard InChI is InChI=1S/C10H18N2O/c1-2-11-6-8-5-9-7-13-4-3-12(9)10(1)8/h8-11H,1-7H2. The fraction of sp³-hybridized carbons (Fsp3) is 1.00. The summed E-state index contributed by atoms with van der Waals surface area (Å²) in [6.07, 6.45) is 2.71. The topological polar surface area (TPSA) is 24.5 Å². The third kappa shape index (κ3) is 1.30. The fourth-order valence-corrected chi connectivity index (χ4v) is 3.24. The lowest BCUT2D eigenvalue weighted by Gasteiger charge is -2.36. The van der Waals surface area contributed by atoms with Crippen LogP contribution in [0.3, 0.4) is 0 Å². The number of rotatable bonds is 0.